The number of anilines is 1. The van der Waals surface area contributed by atoms with Gasteiger partial charge in [-0.25, -0.2) is 9.18 Å². The van der Waals surface area contributed by atoms with Gasteiger partial charge in [-0.05, 0) is 48.7 Å². The molecule has 3 rings (SSSR count). The smallest absolute Gasteiger partial charge is 0.328 e. The average Bonchev–Trinajstić information content (AvgIpc) is 3.29. The lowest BCUT2D eigenvalue weighted by Gasteiger charge is -2.19. The Kier molecular flexibility index (Phi) is 4.36. The zero-order valence-corrected chi connectivity index (χ0v) is 13.5. The van der Waals surface area contributed by atoms with Gasteiger partial charge in [0.1, 0.15) is 5.82 Å². The van der Waals surface area contributed by atoms with Crippen LogP contribution in [0.4, 0.5) is 28.0 Å². The summed E-state index contributed by atoms with van der Waals surface area (Å²) in [6.45, 7) is 0. The molecule has 0 spiro atoms. The molecule has 0 saturated heterocycles. The van der Waals surface area contributed by atoms with Gasteiger partial charge in [-0.2, -0.15) is 13.2 Å². The van der Waals surface area contributed by atoms with Crippen LogP contribution in [0.3, 0.4) is 0 Å². The first kappa shape index (κ1) is 17.5. The van der Waals surface area contributed by atoms with E-state index in [-0.39, 0.29) is 16.5 Å². The molecule has 2 aromatic rings. The monoisotopic (exact) mass is 372 g/mol. The van der Waals surface area contributed by atoms with Gasteiger partial charge < -0.3 is 10.6 Å². The van der Waals surface area contributed by atoms with Crippen molar-refractivity contribution in [3.05, 3.63) is 64.4 Å². The van der Waals surface area contributed by atoms with E-state index in [9.17, 15) is 22.4 Å². The van der Waals surface area contributed by atoms with E-state index < -0.39 is 23.3 Å². The molecule has 2 N–H and O–H groups in total. The van der Waals surface area contributed by atoms with E-state index in [1.807, 2.05) is 0 Å². The van der Waals surface area contributed by atoms with Crippen molar-refractivity contribution >= 4 is 23.3 Å². The fourth-order valence-electron chi connectivity index (χ4n) is 2.55. The van der Waals surface area contributed by atoms with Crippen LogP contribution in [0.1, 0.15) is 24.0 Å². The third kappa shape index (κ3) is 3.87. The van der Waals surface area contributed by atoms with Gasteiger partial charge in [0, 0.05) is 0 Å². The molecule has 3 nitrogen and oxygen atoms in total. The van der Waals surface area contributed by atoms with Crippen molar-refractivity contribution in [2.45, 2.75) is 24.6 Å². The van der Waals surface area contributed by atoms with Gasteiger partial charge >= 0.3 is 12.2 Å². The zero-order chi connectivity index (χ0) is 18.2. The Hall–Kier alpha value is -2.28. The summed E-state index contributed by atoms with van der Waals surface area (Å²) in [5.74, 6) is -0.389. The minimum Gasteiger partial charge on any atom is -0.328 e. The molecule has 132 valence electrons. The molecule has 0 aliphatic heterocycles. The van der Waals surface area contributed by atoms with Crippen molar-refractivity contribution in [1.82, 2.24) is 5.32 Å². The van der Waals surface area contributed by atoms with Crippen molar-refractivity contribution in [2.75, 3.05) is 5.32 Å². The van der Waals surface area contributed by atoms with Crippen LogP contribution in [0.2, 0.25) is 5.02 Å². The number of nitrogens with one attached hydrogen (secondary N) is 2. The summed E-state index contributed by atoms with van der Waals surface area (Å²) in [6, 6.07) is 7.73. The summed E-state index contributed by atoms with van der Waals surface area (Å²) in [7, 11) is 0. The highest BCUT2D eigenvalue weighted by Gasteiger charge is 2.45. The molecule has 0 heterocycles. The number of amides is 2. The molecule has 25 heavy (non-hydrogen) atoms. The quantitative estimate of drug-likeness (QED) is 0.704. The maximum absolute atomic E-state index is 13.0. The largest absolute Gasteiger partial charge is 0.416 e. The Morgan fingerprint density at radius 3 is 2.28 bits per heavy atom. The number of rotatable bonds is 3. The van der Waals surface area contributed by atoms with E-state index in [4.69, 9.17) is 11.6 Å². The highest BCUT2D eigenvalue weighted by atomic mass is 35.5. The molecular weight excluding hydrogens is 360 g/mol. The van der Waals surface area contributed by atoms with Crippen molar-refractivity contribution in [3.63, 3.8) is 0 Å². The number of carbonyl (C=O) groups excluding carboxylic acids is 1. The van der Waals surface area contributed by atoms with Crippen molar-refractivity contribution < 1.29 is 22.4 Å². The topological polar surface area (TPSA) is 41.1 Å². The van der Waals surface area contributed by atoms with Crippen LogP contribution in [0.5, 0.6) is 0 Å². The first-order valence-corrected chi connectivity index (χ1v) is 7.79. The number of halogens is 5. The minimum absolute atomic E-state index is 0.00483. The number of urea groups is 1. The van der Waals surface area contributed by atoms with E-state index in [1.165, 1.54) is 12.1 Å². The molecule has 1 saturated carbocycles. The van der Waals surface area contributed by atoms with Gasteiger partial charge in [0.15, 0.2) is 0 Å². The zero-order valence-electron chi connectivity index (χ0n) is 12.8. The van der Waals surface area contributed by atoms with Crippen LogP contribution < -0.4 is 10.6 Å². The Morgan fingerprint density at radius 1 is 1.08 bits per heavy atom. The van der Waals surface area contributed by atoms with E-state index >= 15 is 0 Å². The summed E-state index contributed by atoms with van der Waals surface area (Å²) in [5.41, 5.74) is -0.943. The summed E-state index contributed by atoms with van der Waals surface area (Å²) < 4.78 is 51.3. The fraction of sp³-hybridized carbons (Fsp3) is 0.235. The van der Waals surface area contributed by atoms with Crippen molar-refractivity contribution in [2.24, 2.45) is 0 Å². The first-order valence-electron chi connectivity index (χ1n) is 7.42. The maximum Gasteiger partial charge on any atom is 0.416 e. The minimum atomic E-state index is -4.54. The number of hydrogen-bond acceptors (Lipinski definition) is 1. The molecule has 1 aliphatic rings. The second kappa shape index (κ2) is 6.22. The standard InChI is InChI=1S/C17H13ClF4N2O/c18-13-6-3-11(17(20,21)22)9-14(13)23-15(25)24-16(7-8-16)10-1-4-12(19)5-2-10/h1-6,9H,7-8H2,(H2,23,24,25). The lowest BCUT2D eigenvalue weighted by molar-refractivity contribution is -0.137. The molecule has 0 aromatic heterocycles. The number of hydrogen-bond donors (Lipinski definition) is 2. The van der Waals surface area contributed by atoms with Crippen LogP contribution in [-0.4, -0.2) is 6.03 Å². The van der Waals surface area contributed by atoms with Crippen molar-refractivity contribution in [3.8, 4) is 0 Å². The Bertz CT molecular complexity index is 801. The van der Waals surface area contributed by atoms with Crippen LogP contribution >= 0.6 is 11.6 Å². The molecule has 1 fully saturated rings. The van der Waals surface area contributed by atoms with Gasteiger partial charge in [-0.1, -0.05) is 23.7 Å². The van der Waals surface area contributed by atoms with E-state index in [1.54, 1.807) is 12.1 Å². The highest BCUT2D eigenvalue weighted by Crippen LogP contribution is 2.45. The second-order valence-electron chi connectivity index (χ2n) is 5.86. The van der Waals surface area contributed by atoms with E-state index in [0.717, 1.165) is 23.8 Å². The predicted octanol–water partition coefficient (Wildman–Crippen LogP) is 5.31. The molecule has 0 atom stereocenters. The molecule has 8 heteroatoms. The van der Waals surface area contributed by atoms with Gasteiger partial charge in [0.25, 0.3) is 0 Å². The van der Waals surface area contributed by atoms with Crippen LogP contribution in [0, 0.1) is 5.82 Å². The molecule has 0 radical (unpaired) electrons. The van der Waals surface area contributed by atoms with Gasteiger partial charge in [0.2, 0.25) is 0 Å². The normalized spacial score (nSPS) is 15.6. The lowest BCUT2D eigenvalue weighted by atomic mass is 10.1. The number of carbonyl (C=O) groups is 1. The molecule has 2 aromatic carbocycles. The highest BCUT2D eigenvalue weighted by molar-refractivity contribution is 6.33. The van der Waals surface area contributed by atoms with Crippen LogP contribution in [-0.2, 0) is 11.7 Å². The lowest BCUT2D eigenvalue weighted by Crippen LogP contribution is -2.38. The molecule has 1 aliphatic carbocycles. The number of benzene rings is 2. The third-order valence-electron chi connectivity index (χ3n) is 4.04. The second-order valence-corrected chi connectivity index (χ2v) is 6.27. The molecule has 0 unspecified atom stereocenters. The summed E-state index contributed by atoms with van der Waals surface area (Å²) in [5, 5.41) is 5.06. The van der Waals surface area contributed by atoms with E-state index in [2.05, 4.69) is 10.6 Å². The van der Waals surface area contributed by atoms with Gasteiger partial charge in [0.05, 0.1) is 21.8 Å². The molecule has 0 bridgehead atoms. The van der Waals surface area contributed by atoms with Gasteiger partial charge in [-0.3, -0.25) is 0 Å². The van der Waals surface area contributed by atoms with Crippen molar-refractivity contribution in [1.29, 1.82) is 0 Å². The molecular formula is C17H13ClF4N2O. The summed E-state index contributed by atoms with van der Waals surface area (Å²) in [6.07, 6.45) is -3.23. The van der Waals surface area contributed by atoms with Crippen LogP contribution in [0.25, 0.3) is 0 Å². The third-order valence-corrected chi connectivity index (χ3v) is 4.37. The Labute approximate surface area is 146 Å². The Balaban J connectivity index is 1.74. The first-order chi connectivity index (χ1) is 11.7. The fourth-order valence-corrected chi connectivity index (χ4v) is 2.71. The summed E-state index contributed by atoms with van der Waals surface area (Å²) >= 11 is 5.86. The average molecular weight is 373 g/mol. The van der Waals surface area contributed by atoms with Gasteiger partial charge in [-0.15, -0.1) is 0 Å². The molecule has 2 amide bonds. The predicted molar refractivity (Wildman–Crippen MR) is 85.9 cm³/mol. The summed E-state index contributed by atoms with van der Waals surface area (Å²) in [4.78, 5) is 12.2. The van der Waals surface area contributed by atoms with E-state index in [0.29, 0.717) is 12.8 Å². The SMILES string of the molecule is O=C(Nc1cc(C(F)(F)F)ccc1Cl)NC1(c2ccc(F)cc2)CC1. The number of alkyl halides is 3. The Morgan fingerprint density at radius 2 is 1.72 bits per heavy atom. The maximum atomic E-state index is 13.0. The van der Waals surface area contributed by atoms with Crippen LogP contribution in [0.15, 0.2) is 42.5 Å².